The Labute approximate surface area is 104 Å². The summed E-state index contributed by atoms with van der Waals surface area (Å²) in [5.41, 5.74) is 0. The van der Waals surface area contributed by atoms with Gasteiger partial charge in [-0.3, -0.25) is 9.69 Å². The maximum absolute atomic E-state index is 10.8. The number of ether oxygens (including phenoxy) is 2. The van der Waals surface area contributed by atoms with E-state index >= 15 is 0 Å². The first-order chi connectivity index (χ1) is 8.15. The molecule has 0 radical (unpaired) electrons. The molecule has 1 N–H and O–H groups in total. The molecule has 0 saturated carbocycles. The van der Waals surface area contributed by atoms with E-state index in [1.807, 2.05) is 6.92 Å². The van der Waals surface area contributed by atoms with Gasteiger partial charge in [0.15, 0.2) is 0 Å². The Morgan fingerprint density at radius 3 is 2.35 bits per heavy atom. The van der Waals surface area contributed by atoms with Gasteiger partial charge in [0.2, 0.25) is 0 Å². The lowest BCUT2D eigenvalue weighted by Crippen LogP contribution is -2.39. The molecule has 0 heterocycles. The van der Waals surface area contributed by atoms with Crippen LogP contribution in [0.5, 0.6) is 0 Å². The van der Waals surface area contributed by atoms with E-state index in [1.54, 1.807) is 14.2 Å². The molecule has 102 valence electrons. The lowest BCUT2D eigenvalue weighted by atomic mass is 10.1. The molecule has 0 fully saturated rings. The molecular weight excluding hydrogens is 222 g/mol. The van der Waals surface area contributed by atoms with E-state index in [0.29, 0.717) is 13.2 Å². The second kappa shape index (κ2) is 10.5. The Morgan fingerprint density at radius 1 is 1.24 bits per heavy atom. The molecule has 0 saturated heterocycles. The number of methoxy groups -OCH3 is 2. The van der Waals surface area contributed by atoms with Gasteiger partial charge in [-0.15, -0.1) is 0 Å². The van der Waals surface area contributed by atoms with Gasteiger partial charge in [-0.25, -0.2) is 0 Å². The van der Waals surface area contributed by atoms with Crippen LogP contribution in [0, 0.1) is 0 Å². The van der Waals surface area contributed by atoms with Crippen molar-refractivity contribution in [3.8, 4) is 0 Å². The maximum Gasteiger partial charge on any atom is 0.304 e. The molecule has 1 unspecified atom stereocenters. The van der Waals surface area contributed by atoms with Crippen molar-refractivity contribution >= 4 is 5.97 Å². The van der Waals surface area contributed by atoms with Crippen LogP contribution in [-0.2, 0) is 14.3 Å². The minimum absolute atomic E-state index is 0.0829. The Hall–Kier alpha value is -0.650. The predicted octanol–water partition coefficient (Wildman–Crippen LogP) is 1.22. The van der Waals surface area contributed by atoms with Crippen molar-refractivity contribution < 1.29 is 19.4 Å². The van der Waals surface area contributed by atoms with Crippen LogP contribution in [0.1, 0.15) is 26.2 Å². The zero-order valence-electron chi connectivity index (χ0n) is 11.1. The number of carbonyl (C=O) groups is 1. The third-order valence-corrected chi connectivity index (χ3v) is 2.77. The van der Waals surface area contributed by atoms with Crippen LogP contribution in [0.2, 0.25) is 0 Å². The molecule has 17 heavy (non-hydrogen) atoms. The van der Waals surface area contributed by atoms with Gasteiger partial charge in [0.1, 0.15) is 0 Å². The fourth-order valence-electron chi connectivity index (χ4n) is 1.83. The van der Waals surface area contributed by atoms with Crippen LogP contribution in [0.4, 0.5) is 0 Å². The average molecular weight is 247 g/mol. The van der Waals surface area contributed by atoms with Crippen LogP contribution >= 0.6 is 0 Å². The third kappa shape index (κ3) is 8.12. The van der Waals surface area contributed by atoms with E-state index in [9.17, 15) is 4.79 Å². The van der Waals surface area contributed by atoms with Crippen molar-refractivity contribution in [3.63, 3.8) is 0 Å². The molecule has 0 rings (SSSR count). The minimum Gasteiger partial charge on any atom is -0.481 e. The first-order valence-electron chi connectivity index (χ1n) is 6.09. The molecule has 1 atom stereocenters. The second-order valence-electron chi connectivity index (χ2n) is 4.04. The summed E-state index contributed by atoms with van der Waals surface area (Å²) in [5.74, 6) is -0.744. The van der Waals surface area contributed by atoms with Crippen LogP contribution in [-0.4, -0.2) is 62.5 Å². The number of aliphatic carboxylic acids is 1. The molecule has 5 heteroatoms. The quantitative estimate of drug-likeness (QED) is 0.556. The van der Waals surface area contributed by atoms with E-state index in [4.69, 9.17) is 14.6 Å². The van der Waals surface area contributed by atoms with Crippen molar-refractivity contribution in [2.75, 3.05) is 40.5 Å². The van der Waals surface area contributed by atoms with Crippen molar-refractivity contribution in [1.82, 2.24) is 4.90 Å². The van der Waals surface area contributed by atoms with Crippen LogP contribution < -0.4 is 0 Å². The van der Waals surface area contributed by atoms with Gasteiger partial charge in [-0.05, 0) is 12.8 Å². The number of nitrogens with zero attached hydrogens (tertiary/aromatic N) is 1. The lowest BCUT2D eigenvalue weighted by Gasteiger charge is -2.29. The molecule has 0 bridgehead atoms. The predicted molar refractivity (Wildman–Crippen MR) is 66.3 cm³/mol. The van der Waals surface area contributed by atoms with E-state index in [2.05, 4.69) is 4.90 Å². The molecule has 0 aromatic rings. The fraction of sp³-hybridized carbons (Fsp3) is 0.917. The molecule has 0 aliphatic rings. The molecule has 5 nitrogen and oxygen atoms in total. The third-order valence-electron chi connectivity index (χ3n) is 2.77. The van der Waals surface area contributed by atoms with Crippen molar-refractivity contribution in [3.05, 3.63) is 0 Å². The number of carboxylic acids is 1. The van der Waals surface area contributed by atoms with Crippen LogP contribution in [0.3, 0.4) is 0 Å². The largest absolute Gasteiger partial charge is 0.481 e. The lowest BCUT2D eigenvalue weighted by molar-refractivity contribution is -0.138. The summed E-state index contributed by atoms with van der Waals surface area (Å²) < 4.78 is 10.1. The molecule has 0 amide bonds. The van der Waals surface area contributed by atoms with E-state index in [1.165, 1.54) is 0 Å². The van der Waals surface area contributed by atoms with E-state index in [-0.39, 0.29) is 12.5 Å². The van der Waals surface area contributed by atoms with E-state index < -0.39 is 5.97 Å². The Bertz CT molecular complexity index is 199. The Kier molecular flexibility index (Phi) is 10.1. The minimum atomic E-state index is -0.744. The highest BCUT2D eigenvalue weighted by molar-refractivity contribution is 5.67. The second-order valence-corrected chi connectivity index (χ2v) is 4.04. The molecule has 0 aromatic carbocycles. The summed E-state index contributed by atoms with van der Waals surface area (Å²) in [6.07, 6.45) is 1.94. The molecule has 0 aromatic heterocycles. The highest BCUT2D eigenvalue weighted by atomic mass is 16.5. The van der Waals surface area contributed by atoms with Gasteiger partial charge in [0.25, 0.3) is 0 Å². The summed E-state index contributed by atoms with van der Waals surface area (Å²) in [6.45, 7) is 4.97. The number of hydrogen-bond acceptors (Lipinski definition) is 4. The summed E-state index contributed by atoms with van der Waals surface area (Å²) >= 11 is 0. The number of carboxylic acid groups (broad SMARTS) is 1. The summed E-state index contributed by atoms with van der Waals surface area (Å²) in [5, 5.41) is 8.88. The molecular formula is C12H25NO4. The number of rotatable bonds is 11. The first kappa shape index (κ1) is 16.4. The Balaban J connectivity index is 4.22. The first-order valence-corrected chi connectivity index (χ1v) is 6.09. The normalized spacial score (nSPS) is 12.9. The summed E-state index contributed by atoms with van der Waals surface area (Å²) in [6, 6.07) is 0.0829. The number of hydrogen-bond donors (Lipinski definition) is 1. The van der Waals surface area contributed by atoms with Gasteiger partial charge in [-0.1, -0.05) is 6.92 Å². The molecule has 0 aliphatic carbocycles. The van der Waals surface area contributed by atoms with E-state index in [0.717, 1.165) is 25.9 Å². The van der Waals surface area contributed by atoms with Gasteiger partial charge < -0.3 is 14.6 Å². The van der Waals surface area contributed by atoms with Gasteiger partial charge in [-0.2, -0.15) is 0 Å². The SMILES string of the molecule is CCC(CC(=O)O)N(CCCOC)CCOC. The Morgan fingerprint density at radius 2 is 1.88 bits per heavy atom. The molecule has 0 spiro atoms. The fourth-order valence-corrected chi connectivity index (χ4v) is 1.83. The highest BCUT2D eigenvalue weighted by Gasteiger charge is 2.19. The topological polar surface area (TPSA) is 59.0 Å². The molecule has 0 aliphatic heterocycles. The van der Waals surface area contributed by atoms with Crippen LogP contribution in [0.15, 0.2) is 0 Å². The van der Waals surface area contributed by atoms with Gasteiger partial charge >= 0.3 is 5.97 Å². The van der Waals surface area contributed by atoms with Crippen molar-refractivity contribution in [2.24, 2.45) is 0 Å². The summed E-state index contributed by atoms with van der Waals surface area (Å²) in [7, 11) is 3.33. The average Bonchev–Trinajstić information content (AvgIpc) is 2.30. The zero-order chi connectivity index (χ0) is 13.1. The monoisotopic (exact) mass is 247 g/mol. The summed E-state index contributed by atoms with van der Waals surface area (Å²) in [4.78, 5) is 13.0. The zero-order valence-corrected chi connectivity index (χ0v) is 11.1. The maximum atomic E-state index is 10.8. The van der Waals surface area contributed by atoms with Crippen molar-refractivity contribution in [2.45, 2.75) is 32.2 Å². The van der Waals surface area contributed by atoms with Gasteiger partial charge in [0, 0.05) is 40.0 Å². The highest BCUT2D eigenvalue weighted by Crippen LogP contribution is 2.09. The smallest absolute Gasteiger partial charge is 0.304 e. The standard InChI is InChI=1S/C12H25NO4/c1-4-11(10-12(14)15)13(7-9-17-3)6-5-8-16-2/h11H,4-10H2,1-3H3,(H,14,15). The van der Waals surface area contributed by atoms with Crippen LogP contribution in [0.25, 0.3) is 0 Å². The van der Waals surface area contributed by atoms with Gasteiger partial charge in [0.05, 0.1) is 13.0 Å². The van der Waals surface area contributed by atoms with Crippen molar-refractivity contribution in [1.29, 1.82) is 0 Å².